The Morgan fingerprint density at radius 3 is 2.56 bits per heavy atom. The molecular weight excluding hydrogens is 204 g/mol. The van der Waals surface area contributed by atoms with Gasteiger partial charge in [0.25, 0.3) is 5.56 Å². The van der Waals surface area contributed by atoms with E-state index in [1.807, 2.05) is 37.2 Å². The Balaban J connectivity index is 2.81. The Bertz CT molecular complexity index is 600. The molecule has 0 aliphatic carbocycles. The van der Waals surface area contributed by atoms with Crippen molar-refractivity contribution < 1.29 is 5.11 Å². The third kappa shape index (κ3) is 1.52. The van der Waals surface area contributed by atoms with Gasteiger partial charge < -0.3 is 10.0 Å². The van der Waals surface area contributed by atoms with E-state index in [9.17, 15) is 9.90 Å². The van der Waals surface area contributed by atoms with Crippen LogP contribution < -0.4 is 10.5 Å². The van der Waals surface area contributed by atoms with Gasteiger partial charge in [0.2, 0.25) is 5.88 Å². The van der Waals surface area contributed by atoms with Gasteiger partial charge in [-0.15, -0.1) is 0 Å². The Hall–Kier alpha value is -1.97. The average molecular weight is 218 g/mol. The van der Waals surface area contributed by atoms with E-state index in [2.05, 4.69) is 0 Å². The maximum Gasteiger partial charge on any atom is 0.253 e. The monoisotopic (exact) mass is 218 g/mol. The fourth-order valence-electron chi connectivity index (χ4n) is 1.67. The van der Waals surface area contributed by atoms with Gasteiger partial charge in [-0.25, -0.2) is 0 Å². The van der Waals surface area contributed by atoms with Crippen LogP contribution in [0.1, 0.15) is 0 Å². The van der Waals surface area contributed by atoms with E-state index in [1.165, 1.54) is 10.6 Å². The fraction of sp³-hybridized carbons (Fsp3) is 0.250. The zero-order valence-corrected chi connectivity index (χ0v) is 9.56. The number of pyridine rings is 1. The van der Waals surface area contributed by atoms with Gasteiger partial charge in [-0.3, -0.25) is 9.36 Å². The minimum absolute atomic E-state index is 0.00723. The first-order valence-corrected chi connectivity index (χ1v) is 5.01. The Kier molecular flexibility index (Phi) is 2.34. The highest BCUT2D eigenvalue weighted by Gasteiger charge is 2.06. The molecule has 0 atom stereocenters. The van der Waals surface area contributed by atoms with Crippen LogP contribution in [0.4, 0.5) is 5.69 Å². The Morgan fingerprint density at radius 2 is 1.94 bits per heavy atom. The van der Waals surface area contributed by atoms with Crippen LogP contribution in [0.5, 0.6) is 5.88 Å². The number of aromatic hydroxyl groups is 1. The van der Waals surface area contributed by atoms with Crippen molar-refractivity contribution in [3.63, 3.8) is 0 Å². The number of anilines is 1. The van der Waals surface area contributed by atoms with E-state index in [0.717, 1.165) is 11.1 Å². The summed E-state index contributed by atoms with van der Waals surface area (Å²) in [6.07, 6.45) is 0. The van der Waals surface area contributed by atoms with Crippen molar-refractivity contribution in [3.8, 4) is 5.88 Å². The molecule has 0 spiro atoms. The van der Waals surface area contributed by atoms with Gasteiger partial charge in [-0.1, -0.05) is 0 Å². The maximum atomic E-state index is 11.5. The van der Waals surface area contributed by atoms with E-state index < -0.39 is 0 Å². The number of hydrogen-bond donors (Lipinski definition) is 1. The van der Waals surface area contributed by atoms with Crippen LogP contribution >= 0.6 is 0 Å². The minimum atomic E-state index is -0.207. The topological polar surface area (TPSA) is 45.5 Å². The summed E-state index contributed by atoms with van der Waals surface area (Å²) in [6, 6.07) is 7.14. The van der Waals surface area contributed by atoms with Crippen molar-refractivity contribution in [1.29, 1.82) is 0 Å². The van der Waals surface area contributed by atoms with E-state index in [-0.39, 0.29) is 11.4 Å². The van der Waals surface area contributed by atoms with Gasteiger partial charge in [-0.2, -0.15) is 0 Å². The second-order valence-electron chi connectivity index (χ2n) is 4.03. The summed E-state index contributed by atoms with van der Waals surface area (Å²) >= 11 is 0. The molecule has 0 aliphatic rings. The normalized spacial score (nSPS) is 10.7. The molecule has 0 unspecified atom stereocenters. The van der Waals surface area contributed by atoms with Crippen LogP contribution in [-0.4, -0.2) is 23.8 Å². The zero-order chi connectivity index (χ0) is 11.9. The predicted octanol–water partition coefficient (Wildman–Crippen LogP) is 1.31. The molecule has 2 rings (SSSR count). The molecule has 1 N–H and O–H groups in total. The number of hydrogen-bond acceptors (Lipinski definition) is 3. The lowest BCUT2D eigenvalue weighted by atomic mass is 10.1. The van der Waals surface area contributed by atoms with Crippen molar-refractivity contribution in [3.05, 3.63) is 34.6 Å². The molecule has 0 radical (unpaired) electrons. The smallest absolute Gasteiger partial charge is 0.253 e. The molecular formula is C12H14N2O2. The highest BCUT2D eigenvalue weighted by Crippen LogP contribution is 2.25. The molecule has 16 heavy (non-hydrogen) atoms. The molecule has 0 bridgehead atoms. The number of nitrogens with zero attached hydrogens (tertiary/aromatic N) is 2. The first kappa shape index (κ1) is 10.5. The lowest BCUT2D eigenvalue weighted by Crippen LogP contribution is -2.15. The van der Waals surface area contributed by atoms with Crippen LogP contribution in [0, 0.1) is 0 Å². The molecule has 4 nitrogen and oxygen atoms in total. The zero-order valence-electron chi connectivity index (χ0n) is 9.56. The highest BCUT2D eigenvalue weighted by molar-refractivity contribution is 5.89. The van der Waals surface area contributed by atoms with Crippen LogP contribution in [0.15, 0.2) is 29.1 Å². The predicted molar refractivity (Wildman–Crippen MR) is 65.2 cm³/mol. The standard InChI is InChI=1S/C12H14N2O2/c1-13(2)9-4-5-10-8(6-9)7-11(15)14(3)12(10)16/h4-7,16H,1-3H3. The van der Waals surface area contributed by atoms with Gasteiger partial charge in [0.15, 0.2) is 0 Å². The first-order valence-electron chi connectivity index (χ1n) is 5.01. The molecule has 2 aromatic rings. The lowest BCUT2D eigenvalue weighted by Gasteiger charge is -2.13. The molecule has 1 aromatic carbocycles. The largest absolute Gasteiger partial charge is 0.494 e. The molecule has 0 fully saturated rings. The average Bonchev–Trinajstić information content (AvgIpc) is 2.25. The van der Waals surface area contributed by atoms with Gasteiger partial charge in [0.1, 0.15) is 0 Å². The summed E-state index contributed by atoms with van der Waals surface area (Å²) in [5, 5.41) is 11.3. The molecule has 1 aromatic heterocycles. The number of aromatic nitrogens is 1. The second kappa shape index (κ2) is 3.56. The van der Waals surface area contributed by atoms with Crippen molar-refractivity contribution in [2.75, 3.05) is 19.0 Å². The van der Waals surface area contributed by atoms with Crippen LogP contribution in [0.25, 0.3) is 10.8 Å². The number of benzene rings is 1. The van der Waals surface area contributed by atoms with Crippen LogP contribution in [0.3, 0.4) is 0 Å². The highest BCUT2D eigenvalue weighted by atomic mass is 16.3. The molecule has 4 heteroatoms. The Morgan fingerprint density at radius 1 is 1.25 bits per heavy atom. The third-order valence-electron chi connectivity index (χ3n) is 2.72. The van der Waals surface area contributed by atoms with Crippen LogP contribution in [-0.2, 0) is 7.05 Å². The molecule has 0 saturated carbocycles. The SMILES string of the molecule is CN(C)c1ccc2c(O)n(C)c(=O)cc2c1. The molecule has 84 valence electrons. The molecule has 0 amide bonds. The molecule has 1 heterocycles. The molecule has 0 aliphatic heterocycles. The van der Waals surface area contributed by atoms with E-state index >= 15 is 0 Å². The first-order chi connectivity index (χ1) is 7.50. The van der Waals surface area contributed by atoms with Crippen molar-refractivity contribution in [2.24, 2.45) is 7.05 Å². The van der Waals surface area contributed by atoms with Gasteiger partial charge in [0, 0.05) is 38.3 Å². The molecule has 0 saturated heterocycles. The maximum absolute atomic E-state index is 11.5. The summed E-state index contributed by atoms with van der Waals surface area (Å²) in [6.45, 7) is 0. The number of rotatable bonds is 1. The van der Waals surface area contributed by atoms with E-state index in [4.69, 9.17) is 0 Å². The Labute approximate surface area is 93.4 Å². The van der Waals surface area contributed by atoms with Gasteiger partial charge in [-0.05, 0) is 23.6 Å². The summed E-state index contributed by atoms with van der Waals surface area (Å²) in [4.78, 5) is 13.5. The van der Waals surface area contributed by atoms with E-state index in [0.29, 0.717) is 5.39 Å². The summed E-state index contributed by atoms with van der Waals surface area (Å²) < 4.78 is 1.23. The van der Waals surface area contributed by atoms with Crippen LogP contribution in [0.2, 0.25) is 0 Å². The fourth-order valence-corrected chi connectivity index (χ4v) is 1.67. The minimum Gasteiger partial charge on any atom is -0.494 e. The van der Waals surface area contributed by atoms with E-state index in [1.54, 1.807) is 7.05 Å². The third-order valence-corrected chi connectivity index (χ3v) is 2.72. The van der Waals surface area contributed by atoms with Gasteiger partial charge >= 0.3 is 0 Å². The summed E-state index contributed by atoms with van der Waals surface area (Å²) in [5.41, 5.74) is 0.793. The summed E-state index contributed by atoms with van der Waals surface area (Å²) in [7, 11) is 5.42. The van der Waals surface area contributed by atoms with Gasteiger partial charge in [0.05, 0.1) is 0 Å². The quantitative estimate of drug-likeness (QED) is 0.785. The second-order valence-corrected chi connectivity index (χ2v) is 4.03. The lowest BCUT2D eigenvalue weighted by molar-refractivity contribution is 0.430. The van der Waals surface area contributed by atoms with Crippen molar-refractivity contribution in [2.45, 2.75) is 0 Å². The summed E-state index contributed by atoms with van der Waals surface area (Å²) in [5.74, 6) is 0.00723. The van der Waals surface area contributed by atoms with Crippen molar-refractivity contribution >= 4 is 16.5 Å². The van der Waals surface area contributed by atoms with Crippen molar-refractivity contribution in [1.82, 2.24) is 4.57 Å². The number of fused-ring (bicyclic) bond motifs is 1.